The minimum absolute atomic E-state index is 0.140. The first-order valence-electron chi connectivity index (χ1n) is 4.60. The average Bonchev–Trinajstić information content (AvgIpc) is 2.21. The molecule has 1 aromatic carbocycles. The molecule has 0 aliphatic heterocycles. The molecule has 0 unspecified atom stereocenters. The van der Waals surface area contributed by atoms with Crippen molar-refractivity contribution in [2.75, 3.05) is 0 Å². The first-order chi connectivity index (χ1) is 6.35. The third-order valence-electron chi connectivity index (χ3n) is 1.52. The van der Waals surface area contributed by atoms with Crippen LogP contribution >= 0.6 is 0 Å². The van der Waals surface area contributed by atoms with Crippen molar-refractivity contribution in [3.8, 4) is 0 Å². The number of aliphatic hydroxyl groups excluding tert-OH is 1. The van der Waals surface area contributed by atoms with Crippen molar-refractivity contribution in [3.05, 3.63) is 48.6 Å². The minimum atomic E-state index is 0.140. The fourth-order valence-electron chi connectivity index (χ4n) is 0.788. The lowest BCUT2D eigenvalue weighted by Crippen LogP contribution is -1.77. The van der Waals surface area contributed by atoms with Crippen LogP contribution in [0.3, 0.4) is 0 Å². The van der Waals surface area contributed by atoms with Crippen LogP contribution in [-0.2, 0) is 6.61 Å². The zero-order valence-electron chi connectivity index (χ0n) is 8.24. The summed E-state index contributed by atoms with van der Waals surface area (Å²) in [6.07, 6.45) is 4.31. The molecule has 0 fully saturated rings. The van der Waals surface area contributed by atoms with Gasteiger partial charge in [-0.15, -0.1) is 6.58 Å². The molecule has 13 heavy (non-hydrogen) atoms. The minimum Gasteiger partial charge on any atom is -0.392 e. The van der Waals surface area contributed by atoms with Crippen LogP contribution in [0.4, 0.5) is 0 Å². The van der Waals surface area contributed by atoms with Gasteiger partial charge in [0.1, 0.15) is 0 Å². The molecule has 0 saturated carbocycles. The van der Waals surface area contributed by atoms with Gasteiger partial charge in [0.2, 0.25) is 0 Å². The van der Waals surface area contributed by atoms with E-state index in [1.807, 2.05) is 36.4 Å². The van der Waals surface area contributed by atoms with Crippen LogP contribution in [0, 0.1) is 0 Å². The Labute approximate surface area is 80.7 Å². The van der Waals surface area contributed by atoms with Crippen LogP contribution in [0.2, 0.25) is 0 Å². The van der Waals surface area contributed by atoms with Gasteiger partial charge in [0.15, 0.2) is 0 Å². The van der Waals surface area contributed by atoms with Crippen LogP contribution < -0.4 is 0 Å². The number of allylic oxidation sites excluding steroid dienone is 1. The second-order valence-electron chi connectivity index (χ2n) is 2.72. The molecule has 72 valence electrons. The Morgan fingerprint density at radius 2 is 1.92 bits per heavy atom. The van der Waals surface area contributed by atoms with Crippen LogP contribution in [0.5, 0.6) is 0 Å². The standard InChI is InChI=1S/C7H8O.C5H10/c8-6-7-4-2-1-3-5-7;1-3-5-4-2/h1-5,8H,6H2;3H,1,4-5H2,2H3. The molecule has 1 nitrogen and oxygen atoms in total. The van der Waals surface area contributed by atoms with E-state index in [2.05, 4.69) is 13.5 Å². The summed E-state index contributed by atoms with van der Waals surface area (Å²) >= 11 is 0. The van der Waals surface area contributed by atoms with Crippen molar-refractivity contribution < 1.29 is 5.11 Å². The first kappa shape index (κ1) is 11.9. The highest BCUT2D eigenvalue weighted by molar-refractivity contribution is 5.12. The second kappa shape index (κ2) is 9.01. The summed E-state index contributed by atoms with van der Waals surface area (Å²) in [4.78, 5) is 0. The lowest BCUT2D eigenvalue weighted by Gasteiger charge is -1.89. The van der Waals surface area contributed by atoms with E-state index < -0.39 is 0 Å². The van der Waals surface area contributed by atoms with E-state index in [1.165, 1.54) is 6.42 Å². The number of unbranched alkanes of at least 4 members (excludes halogenated alkanes) is 1. The normalized spacial score (nSPS) is 8.46. The first-order valence-corrected chi connectivity index (χ1v) is 4.60. The van der Waals surface area contributed by atoms with Gasteiger partial charge >= 0.3 is 0 Å². The molecule has 0 heterocycles. The van der Waals surface area contributed by atoms with Gasteiger partial charge < -0.3 is 5.11 Å². The van der Waals surface area contributed by atoms with Gasteiger partial charge in [-0.1, -0.05) is 49.8 Å². The monoisotopic (exact) mass is 178 g/mol. The Morgan fingerprint density at radius 1 is 1.31 bits per heavy atom. The van der Waals surface area contributed by atoms with Crippen molar-refractivity contribution in [3.63, 3.8) is 0 Å². The van der Waals surface area contributed by atoms with Gasteiger partial charge in [0.05, 0.1) is 6.61 Å². The maximum absolute atomic E-state index is 8.54. The summed E-state index contributed by atoms with van der Waals surface area (Å²) in [6, 6.07) is 9.52. The molecule has 1 N–H and O–H groups in total. The fraction of sp³-hybridized carbons (Fsp3) is 0.333. The van der Waals surface area contributed by atoms with Crippen molar-refractivity contribution in [2.24, 2.45) is 0 Å². The highest BCUT2D eigenvalue weighted by Gasteiger charge is 1.81. The van der Waals surface area contributed by atoms with Gasteiger partial charge in [0.25, 0.3) is 0 Å². The molecular weight excluding hydrogens is 160 g/mol. The van der Waals surface area contributed by atoms with E-state index in [9.17, 15) is 0 Å². The third-order valence-corrected chi connectivity index (χ3v) is 1.52. The fourth-order valence-corrected chi connectivity index (χ4v) is 0.788. The van der Waals surface area contributed by atoms with E-state index in [1.54, 1.807) is 0 Å². The van der Waals surface area contributed by atoms with Crippen LogP contribution in [-0.4, -0.2) is 5.11 Å². The number of rotatable bonds is 3. The zero-order valence-corrected chi connectivity index (χ0v) is 8.24. The van der Waals surface area contributed by atoms with Gasteiger partial charge in [-0.2, -0.15) is 0 Å². The Hall–Kier alpha value is -1.08. The summed E-state index contributed by atoms with van der Waals surface area (Å²) < 4.78 is 0. The maximum atomic E-state index is 8.54. The number of hydrogen-bond donors (Lipinski definition) is 1. The van der Waals surface area contributed by atoms with Gasteiger partial charge in [0, 0.05) is 0 Å². The Morgan fingerprint density at radius 3 is 2.15 bits per heavy atom. The summed E-state index contributed by atoms with van der Waals surface area (Å²) in [5.41, 5.74) is 0.965. The van der Waals surface area contributed by atoms with E-state index in [4.69, 9.17) is 5.11 Å². The molecule has 0 aliphatic rings. The summed E-state index contributed by atoms with van der Waals surface area (Å²) in [5, 5.41) is 8.54. The second-order valence-corrected chi connectivity index (χ2v) is 2.72. The molecule has 0 radical (unpaired) electrons. The average molecular weight is 178 g/mol. The summed E-state index contributed by atoms with van der Waals surface area (Å²) in [6.45, 7) is 5.83. The third kappa shape index (κ3) is 7.29. The molecule has 0 aliphatic carbocycles. The quantitative estimate of drug-likeness (QED) is 0.705. The molecule has 1 rings (SSSR count). The topological polar surface area (TPSA) is 20.2 Å². The maximum Gasteiger partial charge on any atom is 0.0681 e. The van der Waals surface area contributed by atoms with Crippen LogP contribution in [0.1, 0.15) is 25.3 Å². The molecule has 0 bridgehead atoms. The summed E-state index contributed by atoms with van der Waals surface area (Å²) in [5.74, 6) is 0. The van der Waals surface area contributed by atoms with Crippen molar-refractivity contribution in [1.29, 1.82) is 0 Å². The summed E-state index contributed by atoms with van der Waals surface area (Å²) in [7, 11) is 0. The van der Waals surface area contributed by atoms with Gasteiger partial charge in [-0.3, -0.25) is 0 Å². The van der Waals surface area contributed by atoms with Gasteiger partial charge in [-0.05, 0) is 12.0 Å². The largest absolute Gasteiger partial charge is 0.392 e. The predicted octanol–water partition coefficient (Wildman–Crippen LogP) is 3.15. The molecule has 0 atom stereocenters. The van der Waals surface area contributed by atoms with Crippen molar-refractivity contribution in [1.82, 2.24) is 0 Å². The van der Waals surface area contributed by atoms with Crippen LogP contribution in [0.15, 0.2) is 43.0 Å². The highest BCUT2D eigenvalue weighted by Crippen LogP contribution is 1.95. The van der Waals surface area contributed by atoms with E-state index >= 15 is 0 Å². The smallest absolute Gasteiger partial charge is 0.0681 e. The van der Waals surface area contributed by atoms with Crippen molar-refractivity contribution in [2.45, 2.75) is 26.4 Å². The Bertz CT molecular complexity index is 204. The van der Waals surface area contributed by atoms with Crippen LogP contribution in [0.25, 0.3) is 0 Å². The molecule has 1 heteroatoms. The van der Waals surface area contributed by atoms with E-state index in [-0.39, 0.29) is 6.61 Å². The number of hydrogen-bond acceptors (Lipinski definition) is 1. The highest BCUT2D eigenvalue weighted by atomic mass is 16.3. The molecule has 0 spiro atoms. The predicted molar refractivity (Wildman–Crippen MR) is 57.5 cm³/mol. The molecule has 1 aromatic rings. The lowest BCUT2D eigenvalue weighted by molar-refractivity contribution is 0.282. The zero-order chi connectivity index (χ0) is 9.94. The molecule has 0 amide bonds. The lowest BCUT2D eigenvalue weighted by atomic mass is 10.2. The molecule has 0 saturated heterocycles. The Balaban J connectivity index is 0.000000252. The molecular formula is C12H18O. The van der Waals surface area contributed by atoms with Gasteiger partial charge in [-0.25, -0.2) is 0 Å². The molecule has 0 aromatic heterocycles. The van der Waals surface area contributed by atoms with E-state index in [0.717, 1.165) is 12.0 Å². The SMILES string of the molecule is C=CCCC.OCc1ccccc1. The Kier molecular flexibility index (Phi) is 8.26. The number of benzene rings is 1. The number of aliphatic hydroxyl groups is 1. The van der Waals surface area contributed by atoms with Crippen molar-refractivity contribution >= 4 is 0 Å². The van der Waals surface area contributed by atoms with E-state index in [0.29, 0.717) is 0 Å².